The third-order valence-electron chi connectivity index (χ3n) is 5.51. The van der Waals surface area contributed by atoms with Gasteiger partial charge in [-0.05, 0) is 38.6 Å². The number of likely N-dealkylation sites (N-methyl/N-ethyl adjacent to an activating group) is 1. The van der Waals surface area contributed by atoms with Crippen LogP contribution in [0.4, 0.5) is 5.13 Å². The molecule has 0 saturated heterocycles. The molecular weight excluding hydrogens is 410 g/mol. The van der Waals surface area contributed by atoms with E-state index < -0.39 is 0 Å². The summed E-state index contributed by atoms with van der Waals surface area (Å²) < 4.78 is 11.8. The highest BCUT2D eigenvalue weighted by Crippen LogP contribution is 2.37. The van der Waals surface area contributed by atoms with Crippen LogP contribution in [0.5, 0.6) is 11.5 Å². The van der Waals surface area contributed by atoms with E-state index in [-0.39, 0.29) is 5.91 Å². The number of thiazole rings is 1. The lowest BCUT2D eigenvalue weighted by molar-refractivity contribution is 0.0983. The highest BCUT2D eigenvalue weighted by Gasteiger charge is 2.24. The first-order chi connectivity index (χ1) is 14.9. The lowest BCUT2D eigenvalue weighted by Gasteiger charge is -2.25. The number of amides is 1. The number of fused-ring (bicyclic) bond motifs is 1. The Morgan fingerprint density at radius 2 is 1.68 bits per heavy atom. The first-order valence-electron chi connectivity index (χ1n) is 10.6. The van der Waals surface area contributed by atoms with Gasteiger partial charge < -0.3 is 14.4 Å². The number of hydrogen-bond acceptors (Lipinski definition) is 6. The largest absolute Gasteiger partial charge is 0.493 e. The minimum absolute atomic E-state index is 0.0253. The van der Waals surface area contributed by atoms with Crippen molar-refractivity contribution in [2.24, 2.45) is 0 Å². The molecule has 3 rings (SSSR count). The molecule has 0 radical (unpaired) electrons. The SMILES string of the molecule is CCN(CC)CCN(C(=O)c1ccc(C)cc1C)c1nc2cc(OC)c(OC)cc2s1. The van der Waals surface area contributed by atoms with Crippen LogP contribution in [0.15, 0.2) is 30.3 Å². The molecule has 0 spiro atoms. The van der Waals surface area contributed by atoms with Gasteiger partial charge >= 0.3 is 0 Å². The van der Waals surface area contributed by atoms with E-state index in [9.17, 15) is 4.79 Å². The van der Waals surface area contributed by atoms with Crippen molar-refractivity contribution in [1.82, 2.24) is 9.88 Å². The first-order valence-corrected chi connectivity index (χ1v) is 11.4. The molecule has 2 aromatic carbocycles. The van der Waals surface area contributed by atoms with Crippen molar-refractivity contribution in [3.63, 3.8) is 0 Å². The lowest BCUT2D eigenvalue weighted by atomic mass is 10.0. The van der Waals surface area contributed by atoms with Gasteiger partial charge in [-0.1, -0.05) is 42.9 Å². The van der Waals surface area contributed by atoms with Crippen LogP contribution in [0.3, 0.4) is 0 Å². The number of ether oxygens (including phenoxy) is 2. The van der Waals surface area contributed by atoms with Crippen LogP contribution < -0.4 is 14.4 Å². The van der Waals surface area contributed by atoms with E-state index in [1.165, 1.54) is 11.3 Å². The Balaban J connectivity index is 2.03. The van der Waals surface area contributed by atoms with Gasteiger partial charge in [0.2, 0.25) is 0 Å². The Morgan fingerprint density at radius 1 is 1.00 bits per heavy atom. The second kappa shape index (κ2) is 10.1. The highest BCUT2D eigenvalue weighted by molar-refractivity contribution is 7.22. The summed E-state index contributed by atoms with van der Waals surface area (Å²) in [5, 5.41) is 0.683. The second-order valence-electron chi connectivity index (χ2n) is 7.47. The zero-order chi connectivity index (χ0) is 22.5. The summed E-state index contributed by atoms with van der Waals surface area (Å²) in [6, 6.07) is 9.72. The minimum atomic E-state index is -0.0253. The molecule has 0 unspecified atom stereocenters. The van der Waals surface area contributed by atoms with Crippen LogP contribution in [0.1, 0.15) is 35.3 Å². The molecule has 1 aromatic heterocycles. The van der Waals surface area contributed by atoms with Gasteiger partial charge in [0, 0.05) is 30.8 Å². The van der Waals surface area contributed by atoms with Crippen LogP contribution in [0.2, 0.25) is 0 Å². The highest BCUT2D eigenvalue weighted by atomic mass is 32.1. The summed E-state index contributed by atoms with van der Waals surface area (Å²) >= 11 is 1.49. The molecule has 0 saturated carbocycles. The van der Waals surface area contributed by atoms with E-state index in [2.05, 4.69) is 18.7 Å². The zero-order valence-electron chi connectivity index (χ0n) is 19.2. The maximum atomic E-state index is 13.6. The Hall–Kier alpha value is -2.64. The van der Waals surface area contributed by atoms with Crippen LogP contribution in [0, 0.1) is 13.8 Å². The van der Waals surface area contributed by atoms with E-state index in [1.807, 2.05) is 44.2 Å². The molecule has 3 aromatic rings. The van der Waals surface area contributed by atoms with Crippen molar-refractivity contribution in [2.45, 2.75) is 27.7 Å². The van der Waals surface area contributed by atoms with Gasteiger partial charge in [-0.15, -0.1) is 0 Å². The van der Waals surface area contributed by atoms with Gasteiger partial charge in [0.1, 0.15) is 0 Å². The standard InChI is InChI=1S/C24H31N3O3S/c1-7-26(8-2)11-12-27(23(28)18-10-9-16(3)13-17(18)4)24-25-19-14-20(29-5)21(30-6)15-22(19)31-24/h9-10,13-15H,7-8,11-12H2,1-6H3. The number of anilines is 1. The van der Waals surface area contributed by atoms with Crippen LogP contribution in [0.25, 0.3) is 10.2 Å². The fourth-order valence-electron chi connectivity index (χ4n) is 3.62. The van der Waals surface area contributed by atoms with Crippen molar-refractivity contribution in [3.05, 3.63) is 47.0 Å². The molecule has 0 N–H and O–H groups in total. The third kappa shape index (κ3) is 4.99. The Labute approximate surface area is 188 Å². The zero-order valence-corrected chi connectivity index (χ0v) is 20.0. The summed E-state index contributed by atoms with van der Waals surface area (Å²) in [6.45, 7) is 11.5. The molecule has 0 bridgehead atoms. The average molecular weight is 442 g/mol. The summed E-state index contributed by atoms with van der Waals surface area (Å²) in [7, 11) is 3.22. The van der Waals surface area contributed by atoms with Crippen molar-refractivity contribution in [2.75, 3.05) is 45.3 Å². The summed E-state index contributed by atoms with van der Waals surface area (Å²) in [5.41, 5.74) is 3.61. The molecule has 0 fully saturated rings. The normalized spacial score (nSPS) is 11.2. The van der Waals surface area contributed by atoms with Crippen LogP contribution in [-0.2, 0) is 0 Å². The number of rotatable bonds is 9. The van der Waals surface area contributed by atoms with Crippen molar-refractivity contribution in [1.29, 1.82) is 0 Å². The molecule has 0 aliphatic rings. The summed E-state index contributed by atoms with van der Waals surface area (Å²) in [6.07, 6.45) is 0. The Morgan fingerprint density at radius 3 is 2.29 bits per heavy atom. The molecule has 0 atom stereocenters. The molecule has 1 amide bonds. The van der Waals surface area contributed by atoms with E-state index in [1.54, 1.807) is 19.1 Å². The second-order valence-corrected chi connectivity index (χ2v) is 8.48. The number of benzene rings is 2. The monoisotopic (exact) mass is 441 g/mol. The number of carbonyl (C=O) groups excluding carboxylic acids is 1. The van der Waals surface area contributed by atoms with Gasteiger partial charge in [0.25, 0.3) is 5.91 Å². The van der Waals surface area contributed by atoms with E-state index >= 15 is 0 Å². The third-order valence-corrected chi connectivity index (χ3v) is 6.55. The smallest absolute Gasteiger partial charge is 0.260 e. The molecule has 0 aliphatic carbocycles. The number of carbonyl (C=O) groups is 1. The van der Waals surface area contributed by atoms with Crippen LogP contribution in [-0.4, -0.2) is 56.2 Å². The number of methoxy groups -OCH3 is 2. The fourth-order valence-corrected chi connectivity index (χ4v) is 4.62. The lowest BCUT2D eigenvalue weighted by Crippen LogP contribution is -2.39. The molecule has 0 aliphatic heterocycles. The molecule has 6 nitrogen and oxygen atoms in total. The van der Waals surface area contributed by atoms with Gasteiger partial charge in [-0.25, -0.2) is 4.98 Å². The van der Waals surface area contributed by atoms with E-state index in [0.717, 1.165) is 41.0 Å². The fraction of sp³-hybridized carbons (Fsp3) is 0.417. The summed E-state index contributed by atoms with van der Waals surface area (Å²) in [4.78, 5) is 22.5. The summed E-state index contributed by atoms with van der Waals surface area (Å²) in [5.74, 6) is 1.26. The molecule has 7 heteroatoms. The molecule has 166 valence electrons. The molecule has 31 heavy (non-hydrogen) atoms. The van der Waals surface area contributed by atoms with Crippen molar-refractivity contribution < 1.29 is 14.3 Å². The maximum absolute atomic E-state index is 13.6. The molecule has 1 heterocycles. The predicted octanol–water partition coefficient (Wildman–Crippen LogP) is 4.92. The molecular formula is C24H31N3O3S. The minimum Gasteiger partial charge on any atom is -0.493 e. The van der Waals surface area contributed by atoms with E-state index in [4.69, 9.17) is 14.5 Å². The topological polar surface area (TPSA) is 54.9 Å². The van der Waals surface area contributed by atoms with Crippen molar-refractivity contribution >= 4 is 32.6 Å². The van der Waals surface area contributed by atoms with E-state index in [0.29, 0.717) is 28.7 Å². The van der Waals surface area contributed by atoms with Gasteiger partial charge in [-0.3, -0.25) is 9.69 Å². The Bertz CT molecular complexity index is 1020. The van der Waals surface area contributed by atoms with Gasteiger partial charge in [0.05, 0.1) is 24.4 Å². The maximum Gasteiger partial charge on any atom is 0.260 e. The number of hydrogen-bond donors (Lipinski definition) is 0. The number of nitrogens with zero attached hydrogens (tertiary/aromatic N) is 3. The Kier molecular flexibility index (Phi) is 7.51. The van der Waals surface area contributed by atoms with Gasteiger partial charge in [0.15, 0.2) is 16.6 Å². The number of aromatic nitrogens is 1. The van der Waals surface area contributed by atoms with Crippen LogP contribution >= 0.6 is 11.3 Å². The predicted molar refractivity (Wildman–Crippen MR) is 128 cm³/mol. The quantitative estimate of drug-likeness (QED) is 0.472. The average Bonchev–Trinajstić information content (AvgIpc) is 3.17. The van der Waals surface area contributed by atoms with Gasteiger partial charge in [-0.2, -0.15) is 0 Å². The van der Waals surface area contributed by atoms with Crippen molar-refractivity contribution in [3.8, 4) is 11.5 Å². The number of aryl methyl sites for hydroxylation is 2. The first kappa shape index (κ1) is 23.0.